The molecule has 0 spiro atoms. The molecular formula is C16H10ClF2N5OS. The molecule has 0 aliphatic rings. The maximum atomic E-state index is 14.0. The van der Waals surface area contributed by atoms with E-state index in [2.05, 4.69) is 20.6 Å². The van der Waals surface area contributed by atoms with Gasteiger partial charge in [-0.15, -0.1) is 15.3 Å². The Balaban J connectivity index is 1.62. The number of halogens is 3. The summed E-state index contributed by atoms with van der Waals surface area (Å²) in [6.45, 7) is 0. The van der Waals surface area contributed by atoms with Crippen molar-refractivity contribution >= 4 is 38.7 Å². The Bertz CT molecular complexity index is 1110. The van der Waals surface area contributed by atoms with Gasteiger partial charge in [-0.1, -0.05) is 35.1 Å². The number of phenols is 1. The van der Waals surface area contributed by atoms with Crippen LogP contribution in [-0.2, 0) is 6.42 Å². The molecule has 0 unspecified atom stereocenters. The zero-order valence-electron chi connectivity index (χ0n) is 12.9. The van der Waals surface area contributed by atoms with Gasteiger partial charge < -0.3 is 10.4 Å². The van der Waals surface area contributed by atoms with Gasteiger partial charge in [-0.3, -0.25) is 0 Å². The first-order chi connectivity index (χ1) is 12.5. The van der Waals surface area contributed by atoms with Gasteiger partial charge in [-0.05, 0) is 29.8 Å². The Hall–Kier alpha value is -2.78. The van der Waals surface area contributed by atoms with Gasteiger partial charge in [0.15, 0.2) is 23.2 Å². The highest BCUT2D eigenvalue weighted by atomic mass is 35.5. The molecule has 0 saturated heterocycles. The summed E-state index contributed by atoms with van der Waals surface area (Å²) in [6, 6.07) is 8.71. The maximum Gasteiger partial charge on any atom is 0.236 e. The summed E-state index contributed by atoms with van der Waals surface area (Å²) in [5.74, 6) is -1.20. The lowest BCUT2D eigenvalue weighted by molar-refractivity contribution is 0.432. The lowest BCUT2D eigenvalue weighted by Gasteiger charge is -2.04. The monoisotopic (exact) mass is 393 g/mol. The average Bonchev–Trinajstić information content (AvgIpc) is 3.17. The normalized spacial score (nSPS) is 11.2. The number of hydrogen-bond donors (Lipinski definition) is 2. The average molecular weight is 394 g/mol. The minimum Gasteiger partial charge on any atom is -0.505 e. The van der Waals surface area contributed by atoms with Gasteiger partial charge in [0, 0.05) is 6.42 Å². The fraction of sp³-hybridized carbons (Fsp3) is 0.0625. The molecule has 10 heteroatoms. The highest BCUT2D eigenvalue weighted by Gasteiger charge is 2.15. The Labute approximate surface area is 154 Å². The van der Waals surface area contributed by atoms with E-state index in [-0.39, 0.29) is 17.1 Å². The summed E-state index contributed by atoms with van der Waals surface area (Å²) in [5.41, 5.74) is 0.808. The molecule has 2 heterocycles. The second kappa shape index (κ2) is 6.50. The van der Waals surface area contributed by atoms with Gasteiger partial charge in [0.2, 0.25) is 10.1 Å². The van der Waals surface area contributed by atoms with E-state index in [1.165, 1.54) is 34.1 Å². The zero-order valence-corrected chi connectivity index (χ0v) is 14.5. The third-order valence-corrected chi connectivity index (χ3v) is 4.73. The molecule has 2 N–H and O–H groups in total. The minimum absolute atomic E-state index is 0.00745. The molecule has 0 aliphatic carbocycles. The van der Waals surface area contributed by atoms with Crippen LogP contribution in [0.2, 0.25) is 5.02 Å². The van der Waals surface area contributed by atoms with Gasteiger partial charge in [0.05, 0.1) is 10.7 Å². The molecule has 132 valence electrons. The summed E-state index contributed by atoms with van der Waals surface area (Å²) < 4.78 is 29.0. The smallest absolute Gasteiger partial charge is 0.236 e. The van der Waals surface area contributed by atoms with Gasteiger partial charge in [-0.25, -0.2) is 8.78 Å². The predicted molar refractivity (Wildman–Crippen MR) is 94.2 cm³/mol. The van der Waals surface area contributed by atoms with Crippen LogP contribution in [0.5, 0.6) is 5.75 Å². The molecule has 0 bridgehead atoms. The van der Waals surface area contributed by atoms with E-state index in [1.807, 2.05) is 0 Å². The number of hydrogen-bond acceptors (Lipinski definition) is 6. The van der Waals surface area contributed by atoms with Gasteiger partial charge >= 0.3 is 0 Å². The number of anilines is 2. The van der Waals surface area contributed by atoms with Crippen LogP contribution in [0.3, 0.4) is 0 Å². The van der Waals surface area contributed by atoms with Crippen LogP contribution in [0.1, 0.15) is 11.4 Å². The fourth-order valence-electron chi connectivity index (χ4n) is 2.38. The molecule has 6 nitrogen and oxygen atoms in total. The van der Waals surface area contributed by atoms with Crippen molar-refractivity contribution in [3.05, 3.63) is 64.4 Å². The van der Waals surface area contributed by atoms with Crippen LogP contribution < -0.4 is 5.32 Å². The van der Waals surface area contributed by atoms with E-state index in [4.69, 9.17) is 11.6 Å². The Kier molecular flexibility index (Phi) is 4.17. The molecule has 0 atom stereocenters. The summed E-state index contributed by atoms with van der Waals surface area (Å²) >= 11 is 6.96. The molecule has 4 rings (SSSR count). The SMILES string of the molecule is Oc1ccc(Cc2nnc3sc(Nc4cccc(Cl)c4F)nn23)cc1F. The van der Waals surface area contributed by atoms with Crippen molar-refractivity contribution in [1.29, 1.82) is 0 Å². The highest BCUT2D eigenvalue weighted by molar-refractivity contribution is 7.20. The van der Waals surface area contributed by atoms with Crippen LogP contribution in [0.15, 0.2) is 36.4 Å². The van der Waals surface area contributed by atoms with Crippen LogP contribution >= 0.6 is 22.9 Å². The number of benzene rings is 2. The second-order valence-corrected chi connectivity index (χ2v) is 6.77. The fourth-order valence-corrected chi connectivity index (χ4v) is 3.32. The number of rotatable bonds is 4. The first-order valence-corrected chi connectivity index (χ1v) is 8.60. The van der Waals surface area contributed by atoms with Crippen molar-refractivity contribution in [3.63, 3.8) is 0 Å². The van der Waals surface area contributed by atoms with Crippen LogP contribution in [-0.4, -0.2) is 24.9 Å². The third kappa shape index (κ3) is 3.06. The molecule has 0 aliphatic heterocycles. The molecule has 0 fully saturated rings. The summed E-state index contributed by atoms with van der Waals surface area (Å²) in [6.07, 6.45) is 0.271. The largest absolute Gasteiger partial charge is 0.505 e. The molecule has 26 heavy (non-hydrogen) atoms. The van der Waals surface area contributed by atoms with Gasteiger partial charge in [0.25, 0.3) is 0 Å². The van der Waals surface area contributed by atoms with Crippen LogP contribution in [0.4, 0.5) is 19.6 Å². The summed E-state index contributed by atoms with van der Waals surface area (Å²) in [7, 11) is 0. The Morgan fingerprint density at radius 3 is 2.85 bits per heavy atom. The highest BCUT2D eigenvalue weighted by Crippen LogP contribution is 2.28. The number of phenolic OH excluding ortho intramolecular Hbond substituents is 1. The van der Waals surface area contributed by atoms with Crippen molar-refractivity contribution < 1.29 is 13.9 Å². The zero-order chi connectivity index (χ0) is 18.3. The van der Waals surface area contributed by atoms with E-state index in [0.717, 1.165) is 0 Å². The van der Waals surface area contributed by atoms with Crippen molar-refractivity contribution in [2.24, 2.45) is 0 Å². The molecule has 4 aromatic rings. The lowest BCUT2D eigenvalue weighted by atomic mass is 10.1. The van der Waals surface area contributed by atoms with Crippen molar-refractivity contribution in [2.45, 2.75) is 6.42 Å². The number of nitrogens with one attached hydrogen (secondary N) is 1. The maximum absolute atomic E-state index is 14.0. The van der Waals surface area contributed by atoms with Crippen LogP contribution in [0.25, 0.3) is 4.96 Å². The molecular weight excluding hydrogens is 384 g/mol. The van der Waals surface area contributed by atoms with Crippen molar-refractivity contribution in [2.75, 3.05) is 5.32 Å². The Morgan fingerprint density at radius 1 is 1.19 bits per heavy atom. The van der Waals surface area contributed by atoms with E-state index in [1.54, 1.807) is 18.2 Å². The molecule has 2 aromatic carbocycles. The van der Waals surface area contributed by atoms with Gasteiger partial charge in [-0.2, -0.15) is 4.52 Å². The van der Waals surface area contributed by atoms with Crippen molar-refractivity contribution in [1.82, 2.24) is 19.8 Å². The molecule has 0 amide bonds. The van der Waals surface area contributed by atoms with E-state index in [9.17, 15) is 13.9 Å². The molecule has 0 saturated carbocycles. The lowest BCUT2D eigenvalue weighted by Crippen LogP contribution is -2.00. The topological polar surface area (TPSA) is 75.3 Å². The standard InChI is InChI=1S/C16H10ClF2N5OS/c17-9-2-1-3-11(14(9)19)20-15-23-24-13(21-22-16(24)26-15)7-8-4-5-12(25)10(18)6-8/h1-6,25H,7H2,(H,20,23). The Morgan fingerprint density at radius 2 is 2.04 bits per heavy atom. The number of aromatic nitrogens is 4. The molecule has 0 radical (unpaired) electrons. The molecule has 2 aromatic heterocycles. The quantitative estimate of drug-likeness (QED) is 0.544. The predicted octanol–water partition coefficient (Wildman–Crippen LogP) is 4.16. The van der Waals surface area contributed by atoms with Gasteiger partial charge in [0.1, 0.15) is 0 Å². The number of nitrogens with zero attached hydrogens (tertiary/aromatic N) is 4. The second-order valence-electron chi connectivity index (χ2n) is 5.41. The first kappa shape index (κ1) is 16.7. The third-order valence-electron chi connectivity index (χ3n) is 3.62. The van der Waals surface area contributed by atoms with E-state index in [0.29, 0.717) is 21.5 Å². The number of fused-ring (bicyclic) bond motifs is 1. The number of aromatic hydroxyl groups is 1. The minimum atomic E-state index is -0.708. The van der Waals surface area contributed by atoms with Crippen LogP contribution in [0, 0.1) is 11.6 Å². The van der Waals surface area contributed by atoms with E-state index >= 15 is 0 Å². The van der Waals surface area contributed by atoms with E-state index < -0.39 is 17.4 Å². The summed E-state index contributed by atoms with van der Waals surface area (Å²) in [5, 5.41) is 24.9. The summed E-state index contributed by atoms with van der Waals surface area (Å²) in [4.78, 5) is 0.504. The van der Waals surface area contributed by atoms with Crippen molar-refractivity contribution in [3.8, 4) is 5.75 Å². The first-order valence-electron chi connectivity index (χ1n) is 7.41.